The predicted octanol–water partition coefficient (Wildman–Crippen LogP) is 4.19. The van der Waals surface area contributed by atoms with E-state index in [0.29, 0.717) is 28.3 Å². The Labute approximate surface area is 163 Å². The summed E-state index contributed by atoms with van der Waals surface area (Å²) in [5.41, 5.74) is 4.42. The highest BCUT2D eigenvalue weighted by molar-refractivity contribution is 7.99. The third-order valence-electron chi connectivity index (χ3n) is 4.32. The van der Waals surface area contributed by atoms with Crippen LogP contribution in [0, 0.1) is 20.8 Å². The lowest BCUT2D eigenvalue weighted by atomic mass is 10.0. The summed E-state index contributed by atoms with van der Waals surface area (Å²) in [5.74, 6) is 0.0137. The van der Waals surface area contributed by atoms with Crippen molar-refractivity contribution >= 4 is 29.3 Å². The average Bonchev–Trinajstić information content (AvgIpc) is 2.90. The van der Waals surface area contributed by atoms with Gasteiger partial charge in [-0.1, -0.05) is 29.8 Å². The van der Waals surface area contributed by atoms with Crippen LogP contribution in [0.3, 0.4) is 0 Å². The van der Waals surface area contributed by atoms with Crippen molar-refractivity contribution in [2.24, 2.45) is 0 Å². The van der Waals surface area contributed by atoms with Gasteiger partial charge in [0.2, 0.25) is 5.78 Å². The van der Waals surface area contributed by atoms with Crippen molar-refractivity contribution in [3.63, 3.8) is 0 Å². The number of thioether (sulfide) groups is 1. The monoisotopic (exact) mass is 387 g/mol. The van der Waals surface area contributed by atoms with E-state index >= 15 is 0 Å². The molecule has 0 saturated carbocycles. The number of H-pyrrole nitrogens is 1. The Balaban J connectivity index is 1.90. The van der Waals surface area contributed by atoms with Crippen LogP contribution in [0.15, 0.2) is 24.3 Å². The number of aromatic amines is 1. The Kier molecular flexibility index (Phi) is 7.02. The third kappa shape index (κ3) is 5.32. The van der Waals surface area contributed by atoms with Crippen LogP contribution in [0.4, 0.5) is 0 Å². The molecule has 2 aromatic rings. The molecule has 0 spiro atoms. The molecule has 0 radical (unpaired) electrons. The summed E-state index contributed by atoms with van der Waals surface area (Å²) >= 11 is 1.45. The van der Waals surface area contributed by atoms with Crippen LogP contribution >= 0.6 is 11.8 Å². The number of ether oxygens (including phenoxy) is 1. The number of aromatic nitrogens is 1. The summed E-state index contributed by atoms with van der Waals surface area (Å²) in [6, 6.07) is 8.13. The number of carbonyl (C=O) groups excluding carboxylic acids is 3. The quantitative estimate of drug-likeness (QED) is 0.543. The Morgan fingerprint density at radius 3 is 2.30 bits per heavy atom. The summed E-state index contributed by atoms with van der Waals surface area (Å²) in [7, 11) is 0. The highest BCUT2D eigenvalue weighted by atomic mass is 32.2. The number of aryl methyl sites for hydroxylation is 2. The number of nitrogens with one attached hydrogen (secondary N) is 1. The van der Waals surface area contributed by atoms with Crippen LogP contribution in [0.5, 0.6) is 0 Å². The van der Waals surface area contributed by atoms with Crippen LogP contribution < -0.4 is 0 Å². The van der Waals surface area contributed by atoms with Gasteiger partial charge in [-0.05, 0) is 45.7 Å². The van der Waals surface area contributed by atoms with E-state index in [1.165, 1.54) is 24.2 Å². The van der Waals surface area contributed by atoms with Gasteiger partial charge in [0.25, 0.3) is 0 Å². The van der Waals surface area contributed by atoms with Crippen LogP contribution in [0.2, 0.25) is 0 Å². The normalized spacial score (nSPS) is 11.9. The fourth-order valence-electron chi connectivity index (χ4n) is 2.95. The van der Waals surface area contributed by atoms with Crippen molar-refractivity contribution in [1.29, 1.82) is 0 Å². The van der Waals surface area contributed by atoms with Gasteiger partial charge >= 0.3 is 5.97 Å². The lowest BCUT2D eigenvalue weighted by molar-refractivity contribution is -0.143. The SMILES string of the molecule is CC(=O)c1c(C)[nH]c(C(=O)[C@@H](C)OC(=O)CSCc2ccc(C)cc2)c1C. The van der Waals surface area contributed by atoms with Gasteiger partial charge in [0.05, 0.1) is 11.4 Å². The number of esters is 1. The molecule has 1 atom stereocenters. The first-order chi connectivity index (χ1) is 12.7. The van der Waals surface area contributed by atoms with Gasteiger partial charge in [-0.3, -0.25) is 14.4 Å². The van der Waals surface area contributed by atoms with E-state index in [0.717, 1.165) is 5.56 Å². The summed E-state index contributed by atoms with van der Waals surface area (Å²) in [6.45, 7) is 8.51. The van der Waals surface area contributed by atoms with E-state index < -0.39 is 12.1 Å². The highest BCUT2D eigenvalue weighted by Crippen LogP contribution is 2.21. The standard InChI is InChI=1S/C21H25NO4S/c1-12-6-8-17(9-7-12)10-27-11-18(24)26-16(5)21(25)20-13(2)19(15(4)23)14(3)22-20/h6-9,16,22H,10-11H2,1-5H3/t16-/m1/s1. The number of Topliss-reactive ketones (excluding diaryl/α,β-unsaturated/α-hetero) is 2. The number of ketones is 2. The molecule has 0 unspecified atom stereocenters. The zero-order valence-corrected chi connectivity index (χ0v) is 17.2. The molecule has 1 heterocycles. The molecule has 1 N–H and O–H groups in total. The van der Waals surface area contributed by atoms with Gasteiger partial charge in [0.1, 0.15) is 0 Å². The van der Waals surface area contributed by atoms with E-state index in [1.54, 1.807) is 20.8 Å². The van der Waals surface area contributed by atoms with Crippen molar-refractivity contribution in [3.05, 3.63) is 57.9 Å². The fraction of sp³-hybridized carbons (Fsp3) is 0.381. The molecule has 0 bridgehead atoms. The molecule has 2 rings (SSSR count). The summed E-state index contributed by atoms with van der Waals surface area (Å²) in [5, 5.41) is 0. The molecular formula is C21H25NO4S. The van der Waals surface area contributed by atoms with Gasteiger partial charge in [0.15, 0.2) is 11.9 Å². The minimum absolute atomic E-state index is 0.0996. The van der Waals surface area contributed by atoms with E-state index in [1.807, 2.05) is 31.2 Å². The van der Waals surface area contributed by atoms with E-state index in [-0.39, 0.29) is 17.3 Å². The van der Waals surface area contributed by atoms with Gasteiger partial charge in [-0.15, -0.1) is 11.8 Å². The molecule has 0 fully saturated rings. The number of hydrogen-bond acceptors (Lipinski definition) is 5. The second kappa shape index (κ2) is 9.04. The van der Waals surface area contributed by atoms with Gasteiger partial charge in [-0.25, -0.2) is 0 Å². The van der Waals surface area contributed by atoms with Crippen LogP contribution in [0.1, 0.15) is 57.1 Å². The Morgan fingerprint density at radius 2 is 1.74 bits per heavy atom. The average molecular weight is 388 g/mol. The molecule has 5 nitrogen and oxygen atoms in total. The Bertz CT molecular complexity index is 852. The maximum absolute atomic E-state index is 12.6. The maximum atomic E-state index is 12.6. The lowest BCUT2D eigenvalue weighted by Gasteiger charge is -2.12. The molecule has 144 valence electrons. The first-order valence-corrected chi connectivity index (χ1v) is 9.93. The first kappa shape index (κ1) is 21.0. The van der Waals surface area contributed by atoms with Crippen molar-refractivity contribution in [2.75, 3.05) is 5.75 Å². The van der Waals surface area contributed by atoms with Gasteiger partial charge < -0.3 is 9.72 Å². The summed E-state index contributed by atoms with van der Waals surface area (Å²) in [4.78, 5) is 39.3. The molecule has 0 amide bonds. The molecule has 0 aliphatic carbocycles. The zero-order chi connectivity index (χ0) is 20.1. The Hall–Kier alpha value is -2.34. The molecule has 1 aromatic carbocycles. The van der Waals surface area contributed by atoms with Crippen LogP contribution in [-0.2, 0) is 15.3 Å². The second-order valence-electron chi connectivity index (χ2n) is 6.66. The second-order valence-corrected chi connectivity index (χ2v) is 7.64. The number of benzene rings is 1. The van der Waals surface area contributed by atoms with Gasteiger partial charge in [0, 0.05) is 17.0 Å². The number of carbonyl (C=O) groups is 3. The topological polar surface area (TPSA) is 76.2 Å². The smallest absolute Gasteiger partial charge is 0.316 e. The molecule has 0 saturated heterocycles. The van der Waals surface area contributed by atoms with Crippen molar-refractivity contribution in [2.45, 2.75) is 46.5 Å². The van der Waals surface area contributed by atoms with Crippen LogP contribution in [-0.4, -0.2) is 34.4 Å². The number of rotatable bonds is 8. The van der Waals surface area contributed by atoms with E-state index in [2.05, 4.69) is 4.98 Å². The zero-order valence-electron chi connectivity index (χ0n) is 16.3. The minimum Gasteiger partial charge on any atom is -0.454 e. The van der Waals surface area contributed by atoms with Crippen LogP contribution in [0.25, 0.3) is 0 Å². The first-order valence-electron chi connectivity index (χ1n) is 8.77. The molecule has 27 heavy (non-hydrogen) atoms. The summed E-state index contributed by atoms with van der Waals surface area (Å²) in [6.07, 6.45) is -0.908. The molecule has 1 aromatic heterocycles. The number of hydrogen-bond donors (Lipinski definition) is 1. The molecular weight excluding hydrogens is 362 g/mol. The van der Waals surface area contributed by atoms with Crippen molar-refractivity contribution < 1.29 is 19.1 Å². The maximum Gasteiger partial charge on any atom is 0.316 e. The Morgan fingerprint density at radius 1 is 1.11 bits per heavy atom. The fourth-order valence-corrected chi connectivity index (χ4v) is 3.71. The van der Waals surface area contributed by atoms with Crippen molar-refractivity contribution in [3.8, 4) is 0 Å². The van der Waals surface area contributed by atoms with E-state index in [9.17, 15) is 14.4 Å². The van der Waals surface area contributed by atoms with Crippen molar-refractivity contribution in [1.82, 2.24) is 4.98 Å². The highest BCUT2D eigenvalue weighted by Gasteiger charge is 2.25. The molecule has 6 heteroatoms. The summed E-state index contributed by atoms with van der Waals surface area (Å²) < 4.78 is 5.27. The van der Waals surface area contributed by atoms with Gasteiger partial charge in [-0.2, -0.15) is 0 Å². The van der Waals surface area contributed by atoms with E-state index in [4.69, 9.17) is 4.74 Å². The molecule has 0 aliphatic rings. The third-order valence-corrected chi connectivity index (χ3v) is 5.30. The lowest BCUT2D eigenvalue weighted by Crippen LogP contribution is -2.26. The predicted molar refractivity (Wildman–Crippen MR) is 107 cm³/mol. The minimum atomic E-state index is -0.908. The molecule has 0 aliphatic heterocycles. The largest absolute Gasteiger partial charge is 0.454 e.